The number of nitrogens with zero attached hydrogens (tertiary/aromatic N) is 2. The number of carbonyl (C=O) groups excluding carboxylic acids is 1. The number of benzene rings is 1. The molecule has 0 unspecified atom stereocenters. The zero-order valence-electron chi connectivity index (χ0n) is 13.1. The van der Waals surface area contributed by atoms with Gasteiger partial charge >= 0.3 is 5.97 Å². The van der Waals surface area contributed by atoms with Crippen molar-refractivity contribution in [3.05, 3.63) is 39.2 Å². The fourth-order valence-electron chi connectivity index (χ4n) is 4.10. The van der Waals surface area contributed by atoms with Gasteiger partial charge in [-0.1, -0.05) is 6.42 Å². The first-order valence-corrected chi connectivity index (χ1v) is 7.73. The van der Waals surface area contributed by atoms with Crippen molar-refractivity contribution in [3.8, 4) is 0 Å². The summed E-state index contributed by atoms with van der Waals surface area (Å²) in [6.45, 7) is 1.62. The number of nitro groups is 1. The average Bonchev–Trinajstić information content (AvgIpc) is 3.02. The molecule has 1 aliphatic heterocycles. The molecule has 8 heteroatoms. The van der Waals surface area contributed by atoms with Gasteiger partial charge in [0.05, 0.1) is 10.3 Å². The van der Waals surface area contributed by atoms with E-state index in [0.29, 0.717) is 12.8 Å². The lowest BCUT2D eigenvalue weighted by Crippen LogP contribution is -2.37. The van der Waals surface area contributed by atoms with Crippen molar-refractivity contribution in [2.24, 2.45) is 11.3 Å². The third kappa shape index (κ3) is 2.33. The first-order valence-electron chi connectivity index (χ1n) is 7.73. The van der Waals surface area contributed by atoms with E-state index in [1.807, 2.05) is 0 Å². The zero-order valence-corrected chi connectivity index (χ0v) is 13.1. The summed E-state index contributed by atoms with van der Waals surface area (Å²) in [6.07, 6.45) is 1.99. The highest BCUT2D eigenvalue weighted by atomic mass is 19.1. The quantitative estimate of drug-likeness (QED) is 0.674. The van der Waals surface area contributed by atoms with Crippen molar-refractivity contribution in [1.29, 1.82) is 0 Å². The number of fused-ring (bicyclic) bond motifs is 1. The lowest BCUT2D eigenvalue weighted by molar-refractivity contribution is -0.385. The van der Waals surface area contributed by atoms with Crippen LogP contribution in [0.1, 0.15) is 35.2 Å². The Labute approximate surface area is 137 Å². The summed E-state index contributed by atoms with van der Waals surface area (Å²) in [6, 6.07) is 1.86. The highest BCUT2D eigenvalue weighted by Crippen LogP contribution is 2.49. The molecule has 2 fully saturated rings. The van der Waals surface area contributed by atoms with E-state index in [4.69, 9.17) is 0 Å². The summed E-state index contributed by atoms with van der Waals surface area (Å²) in [4.78, 5) is 36.3. The number of aryl methyl sites for hydroxylation is 1. The van der Waals surface area contributed by atoms with Crippen LogP contribution in [0.15, 0.2) is 12.1 Å². The molecule has 1 aliphatic carbocycles. The molecule has 7 nitrogen and oxygen atoms in total. The molecule has 0 aromatic heterocycles. The summed E-state index contributed by atoms with van der Waals surface area (Å²) in [7, 11) is 0. The van der Waals surface area contributed by atoms with Crippen molar-refractivity contribution < 1.29 is 24.0 Å². The van der Waals surface area contributed by atoms with E-state index < -0.39 is 33.7 Å². The van der Waals surface area contributed by atoms with Gasteiger partial charge in [-0.25, -0.2) is 4.39 Å². The SMILES string of the molecule is Cc1cc(F)cc(C(=O)N2C[C@@H]3CCC[C@@]3(C(=O)O)C2)c1[N+](=O)[O-]. The standard InChI is InChI=1S/C16H17FN2O5/c1-9-5-11(17)6-12(13(9)19(23)24)14(20)18-7-10-3-2-4-16(10,8-18)15(21)22/h5-6,10H,2-4,7-8H2,1H3,(H,21,22)/t10-,16+/m0/s1. The van der Waals surface area contributed by atoms with E-state index in [2.05, 4.69) is 0 Å². The summed E-state index contributed by atoms with van der Waals surface area (Å²) >= 11 is 0. The maximum absolute atomic E-state index is 13.7. The maximum atomic E-state index is 13.7. The number of likely N-dealkylation sites (tertiary alicyclic amines) is 1. The Balaban J connectivity index is 1.97. The molecule has 1 amide bonds. The minimum atomic E-state index is -0.979. The topological polar surface area (TPSA) is 101 Å². The van der Waals surface area contributed by atoms with E-state index >= 15 is 0 Å². The van der Waals surface area contributed by atoms with Crippen LogP contribution in [0.2, 0.25) is 0 Å². The van der Waals surface area contributed by atoms with Gasteiger partial charge in [-0.3, -0.25) is 19.7 Å². The van der Waals surface area contributed by atoms with Gasteiger partial charge in [-0.2, -0.15) is 0 Å². The molecule has 1 aromatic carbocycles. The summed E-state index contributed by atoms with van der Waals surface area (Å²) in [5.74, 6) is -2.51. The summed E-state index contributed by atoms with van der Waals surface area (Å²) in [5, 5.41) is 20.8. The first-order chi connectivity index (χ1) is 11.3. The molecule has 2 aliphatic rings. The molecule has 0 spiro atoms. The monoisotopic (exact) mass is 336 g/mol. The predicted octanol–water partition coefficient (Wildman–Crippen LogP) is 2.37. The number of hydrogen-bond acceptors (Lipinski definition) is 4. The minimum Gasteiger partial charge on any atom is -0.481 e. The smallest absolute Gasteiger partial charge is 0.311 e. The summed E-state index contributed by atoms with van der Waals surface area (Å²) in [5.41, 5.74) is -1.66. The van der Waals surface area contributed by atoms with Crippen LogP contribution < -0.4 is 0 Å². The number of carboxylic acids is 1. The van der Waals surface area contributed by atoms with Crippen LogP contribution in [0.4, 0.5) is 10.1 Å². The molecule has 24 heavy (non-hydrogen) atoms. The minimum absolute atomic E-state index is 0.0124. The first kappa shape index (κ1) is 16.4. The van der Waals surface area contributed by atoms with Crippen LogP contribution in [0.3, 0.4) is 0 Å². The van der Waals surface area contributed by atoms with E-state index in [1.165, 1.54) is 11.8 Å². The number of halogens is 1. The van der Waals surface area contributed by atoms with Gasteiger partial charge in [0, 0.05) is 18.7 Å². The molecule has 3 rings (SSSR count). The fourth-order valence-corrected chi connectivity index (χ4v) is 4.10. The van der Waals surface area contributed by atoms with Gasteiger partial charge in [0.25, 0.3) is 11.6 Å². The molecule has 2 atom stereocenters. The van der Waals surface area contributed by atoms with Gasteiger partial charge < -0.3 is 10.0 Å². The Morgan fingerprint density at radius 3 is 2.75 bits per heavy atom. The number of aliphatic carboxylic acids is 1. The van der Waals surface area contributed by atoms with E-state index in [1.54, 1.807) is 0 Å². The lowest BCUT2D eigenvalue weighted by atomic mass is 9.81. The molecule has 1 saturated heterocycles. The molecule has 1 aromatic rings. The maximum Gasteiger partial charge on any atom is 0.311 e. The number of nitro benzene ring substituents is 1. The average molecular weight is 336 g/mol. The Morgan fingerprint density at radius 1 is 1.46 bits per heavy atom. The van der Waals surface area contributed by atoms with E-state index in [9.17, 15) is 29.2 Å². The molecular weight excluding hydrogens is 319 g/mol. The van der Waals surface area contributed by atoms with Crippen molar-refractivity contribution in [3.63, 3.8) is 0 Å². The second-order valence-electron chi connectivity index (χ2n) is 6.61. The number of rotatable bonds is 3. The van der Waals surface area contributed by atoms with Gasteiger partial charge in [0.2, 0.25) is 0 Å². The van der Waals surface area contributed by atoms with E-state index in [0.717, 1.165) is 18.6 Å². The zero-order chi connectivity index (χ0) is 17.6. The number of carbonyl (C=O) groups is 2. The van der Waals surface area contributed by atoms with Gasteiger partial charge in [0.1, 0.15) is 11.4 Å². The number of amides is 1. The fraction of sp³-hybridized carbons (Fsp3) is 0.500. The third-order valence-electron chi connectivity index (χ3n) is 5.26. The number of hydrogen-bond donors (Lipinski definition) is 1. The van der Waals surface area contributed by atoms with Crippen molar-refractivity contribution in [2.75, 3.05) is 13.1 Å². The van der Waals surface area contributed by atoms with Crippen molar-refractivity contribution in [2.45, 2.75) is 26.2 Å². The Kier molecular flexibility index (Phi) is 3.77. The van der Waals surface area contributed by atoms with Gasteiger partial charge in [-0.05, 0) is 37.8 Å². The van der Waals surface area contributed by atoms with Crippen LogP contribution in [-0.2, 0) is 4.79 Å². The van der Waals surface area contributed by atoms with E-state index in [-0.39, 0.29) is 30.1 Å². The summed E-state index contributed by atoms with van der Waals surface area (Å²) < 4.78 is 13.7. The Hall–Kier alpha value is -2.51. The number of carboxylic acid groups (broad SMARTS) is 1. The molecule has 0 bridgehead atoms. The van der Waals surface area contributed by atoms with Gasteiger partial charge in [0.15, 0.2) is 0 Å². The predicted molar refractivity (Wildman–Crippen MR) is 81.1 cm³/mol. The largest absolute Gasteiger partial charge is 0.481 e. The van der Waals surface area contributed by atoms with Crippen LogP contribution in [0, 0.1) is 34.2 Å². The molecule has 1 saturated carbocycles. The Bertz CT molecular complexity index is 750. The van der Waals surface area contributed by atoms with Crippen LogP contribution in [0.25, 0.3) is 0 Å². The molecule has 1 N–H and O–H groups in total. The molecule has 1 heterocycles. The third-order valence-corrected chi connectivity index (χ3v) is 5.26. The normalized spacial score (nSPS) is 25.6. The second-order valence-corrected chi connectivity index (χ2v) is 6.61. The Morgan fingerprint density at radius 2 is 2.17 bits per heavy atom. The molecule has 0 radical (unpaired) electrons. The van der Waals surface area contributed by atoms with Crippen LogP contribution in [0.5, 0.6) is 0 Å². The lowest BCUT2D eigenvalue weighted by Gasteiger charge is -2.23. The highest BCUT2D eigenvalue weighted by molar-refractivity contribution is 5.99. The van der Waals surface area contributed by atoms with Crippen LogP contribution in [-0.4, -0.2) is 39.9 Å². The highest BCUT2D eigenvalue weighted by Gasteiger charge is 2.56. The second kappa shape index (κ2) is 5.54. The molecular formula is C16H17FN2O5. The van der Waals surface area contributed by atoms with Crippen molar-refractivity contribution in [1.82, 2.24) is 4.90 Å². The van der Waals surface area contributed by atoms with Gasteiger partial charge in [-0.15, -0.1) is 0 Å². The van der Waals surface area contributed by atoms with Crippen molar-refractivity contribution >= 4 is 17.6 Å². The van der Waals surface area contributed by atoms with Crippen LogP contribution >= 0.6 is 0 Å². The molecule has 128 valence electrons.